The van der Waals surface area contributed by atoms with E-state index in [1.165, 1.54) is 36.2 Å². The molecule has 1 rings (SSSR count). The maximum atomic E-state index is 11.7. The van der Waals surface area contributed by atoms with E-state index in [9.17, 15) is 4.79 Å². The molecule has 0 spiro atoms. The van der Waals surface area contributed by atoms with Crippen LogP contribution in [0.2, 0.25) is 0 Å². The van der Waals surface area contributed by atoms with Gasteiger partial charge in [-0.2, -0.15) is 0 Å². The van der Waals surface area contributed by atoms with Crippen molar-refractivity contribution in [2.24, 2.45) is 0 Å². The van der Waals surface area contributed by atoms with Gasteiger partial charge in [0.25, 0.3) is 0 Å². The first-order valence-electron chi connectivity index (χ1n) is 7.23. The molecule has 0 unspecified atom stereocenters. The van der Waals surface area contributed by atoms with Crippen LogP contribution in [0.25, 0.3) is 0 Å². The summed E-state index contributed by atoms with van der Waals surface area (Å²) in [5, 5.41) is 0.570. The highest BCUT2D eigenvalue weighted by molar-refractivity contribution is 7.16. The maximum absolute atomic E-state index is 11.7. The Balaban J connectivity index is 2.71. The predicted molar refractivity (Wildman–Crippen MR) is 85.5 cm³/mol. The molecule has 0 atom stereocenters. The van der Waals surface area contributed by atoms with Crippen LogP contribution in [0.1, 0.15) is 47.5 Å². The van der Waals surface area contributed by atoms with Gasteiger partial charge in [0, 0.05) is 11.4 Å². The van der Waals surface area contributed by atoms with E-state index in [2.05, 4.69) is 18.7 Å². The fourth-order valence-corrected chi connectivity index (χ4v) is 3.30. The lowest BCUT2D eigenvalue weighted by atomic mass is 10.1. The van der Waals surface area contributed by atoms with Gasteiger partial charge >= 0.3 is 5.97 Å². The molecule has 0 saturated carbocycles. The van der Waals surface area contributed by atoms with E-state index >= 15 is 0 Å². The Morgan fingerprint density at radius 3 is 2.60 bits per heavy atom. The summed E-state index contributed by atoms with van der Waals surface area (Å²) in [4.78, 5) is 15.3. The molecule has 114 valence electrons. The summed E-state index contributed by atoms with van der Waals surface area (Å²) in [5.74, 6) is -0.333. The first-order valence-corrected chi connectivity index (χ1v) is 8.05. The van der Waals surface area contributed by atoms with Gasteiger partial charge in [-0.3, -0.25) is 0 Å². The van der Waals surface area contributed by atoms with Gasteiger partial charge in [-0.1, -0.05) is 20.3 Å². The minimum absolute atomic E-state index is 0.333. The van der Waals surface area contributed by atoms with E-state index in [1.54, 1.807) is 0 Å². The van der Waals surface area contributed by atoms with Gasteiger partial charge in [0.1, 0.15) is 5.00 Å². The Bertz CT molecular complexity index is 443. The quantitative estimate of drug-likeness (QED) is 0.749. The zero-order valence-corrected chi connectivity index (χ0v) is 13.8. The SMILES string of the molecule is CCCCN(CC)CCc1sc(N)c(C(=O)OC)c1C. The third-order valence-corrected chi connectivity index (χ3v) is 4.77. The van der Waals surface area contributed by atoms with Crippen LogP contribution in [-0.2, 0) is 11.2 Å². The summed E-state index contributed by atoms with van der Waals surface area (Å²) in [6.07, 6.45) is 3.38. The zero-order chi connectivity index (χ0) is 15.1. The highest BCUT2D eigenvalue weighted by atomic mass is 32.1. The van der Waals surface area contributed by atoms with Crippen LogP contribution in [0, 0.1) is 6.92 Å². The molecule has 20 heavy (non-hydrogen) atoms. The predicted octanol–water partition coefficient (Wildman–Crippen LogP) is 3.09. The fraction of sp³-hybridized carbons (Fsp3) is 0.667. The van der Waals surface area contributed by atoms with Gasteiger partial charge in [-0.15, -0.1) is 11.3 Å². The molecular formula is C15H26N2O2S. The molecule has 1 heterocycles. The van der Waals surface area contributed by atoms with Crippen LogP contribution in [0.15, 0.2) is 0 Å². The van der Waals surface area contributed by atoms with Crippen LogP contribution < -0.4 is 5.73 Å². The second-order valence-electron chi connectivity index (χ2n) is 4.92. The number of unbranched alkanes of at least 4 members (excludes halogenated alkanes) is 1. The van der Waals surface area contributed by atoms with Crippen molar-refractivity contribution in [3.05, 3.63) is 16.0 Å². The Kier molecular flexibility index (Phi) is 7.02. The lowest BCUT2D eigenvalue weighted by Gasteiger charge is -2.19. The standard InChI is InChI=1S/C15H26N2O2S/c1-5-7-9-17(6-2)10-8-12-11(3)13(14(16)20-12)15(18)19-4/h5-10,16H2,1-4H3. The average molecular weight is 298 g/mol. The van der Waals surface area contributed by atoms with Gasteiger partial charge in [-0.25, -0.2) is 4.79 Å². The van der Waals surface area contributed by atoms with Crippen molar-refractivity contribution in [1.82, 2.24) is 4.90 Å². The zero-order valence-electron chi connectivity index (χ0n) is 13.0. The molecule has 0 aliphatic heterocycles. The highest BCUT2D eigenvalue weighted by Crippen LogP contribution is 2.31. The number of hydrogen-bond acceptors (Lipinski definition) is 5. The van der Waals surface area contributed by atoms with Crippen molar-refractivity contribution in [1.29, 1.82) is 0 Å². The average Bonchev–Trinajstić information content (AvgIpc) is 2.73. The molecular weight excluding hydrogens is 272 g/mol. The Morgan fingerprint density at radius 2 is 2.05 bits per heavy atom. The lowest BCUT2D eigenvalue weighted by Crippen LogP contribution is -2.26. The fourth-order valence-electron chi connectivity index (χ4n) is 2.25. The molecule has 0 amide bonds. The van der Waals surface area contributed by atoms with Gasteiger partial charge in [0.15, 0.2) is 0 Å². The Labute approximate surface area is 125 Å². The normalized spacial score (nSPS) is 11.1. The number of likely N-dealkylation sites (N-methyl/N-ethyl adjacent to an activating group) is 1. The van der Waals surface area contributed by atoms with E-state index in [0.717, 1.165) is 31.6 Å². The van der Waals surface area contributed by atoms with Gasteiger partial charge in [0.2, 0.25) is 0 Å². The second kappa shape index (κ2) is 8.27. The minimum atomic E-state index is -0.333. The number of ether oxygens (including phenoxy) is 1. The third-order valence-electron chi connectivity index (χ3n) is 3.59. The summed E-state index contributed by atoms with van der Waals surface area (Å²) in [7, 11) is 1.39. The first-order chi connectivity index (χ1) is 9.54. The number of anilines is 1. The van der Waals surface area contributed by atoms with Crippen molar-refractivity contribution >= 4 is 22.3 Å². The summed E-state index contributed by atoms with van der Waals surface area (Å²) in [6.45, 7) is 9.56. The number of rotatable bonds is 8. The number of methoxy groups -OCH3 is 1. The number of esters is 1. The number of thiophene rings is 1. The molecule has 1 aromatic rings. The molecule has 4 nitrogen and oxygen atoms in total. The number of nitrogens with zero attached hydrogens (tertiary/aromatic N) is 1. The molecule has 0 fully saturated rings. The van der Waals surface area contributed by atoms with Crippen LogP contribution in [0.5, 0.6) is 0 Å². The molecule has 0 aliphatic rings. The maximum Gasteiger partial charge on any atom is 0.341 e. The minimum Gasteiger partial charge on any atom is -0.465 e. The third kappa shape index (κ3) is 4.21. The molecule has 0 saturated heterocycles. The van der Waals surface area contributed by atoms with Crippen molar-refractivity contribution in [2.75, 3.05) is 32.5 Å². The first kappa shape index (κ1) is 17.0. The van der Waals surface area contributed by atoms with E-state index in [4.69, 9.17) is 10.5 Å². The molecule has 2 N–H and O–H groups in total. The second-order valence-corrected chi connectivity index (χ2v) is 6.06. The molecule has 0 aromatic carbocycles. The summed E-state index contributed by atoms with van der Waals surface area (Å²) in [5.41, 5.74) is 7.47. The largest absolute Gasteiger partial charge is 0.465 e. The van der Waals surface area contributed by atoms with E-state index in [1.807, 2.05) is 6.92 Å². The highest BCUT2D eigenvalue weighted by Gasteiger charge is 2.20. The molecule has 0 radical (unpaired) electrons. The van der Waals surface area contributed by atoms with E-state index in [0.29, 0.717) is 10.6 Å². The lowest BCUT2D eigenvalue weighted by molar-refractivity contribution is 0.0601. The van der Waals surface area contributed by atoms with Crippen LogP contribution >= 0.6 is 11.3 Å². The van der Waals surface area contributed by atoms with Crippen molar-refractivity contribution in [3.63, 3.8) is 0 Å². The number of carbonyl (C=O) groups is 1. The summed E-state index contributed by atoms with van der Waals surface area (Å²) >= 11 is 1.51. The Morgan fingerprint density at radius 1 is 1.35 bits per heavy atom. The topological polar surface area (TPSA) is 55.6 Å². The van der Waals surface area contributed by atoms with Crippen LogP contribution in [0.3, 0.4) is 0 Å². The monoisotopic (exact) mass is 298 g/mol. The van der Waals surface area contributed by atoms with Crippen molar-refractivity contribution in [2.45, 2.75) is 40.0 Å². The Hall–Kier alpha value is -1.07. The molecule has 5 heteroatoms. The van der Waals surface area contributed by atoms with Crippen LogP contribution in [-0.4, -0.2) is 37.6 Å². The molecule has 0 bridgehead atoms. The van der Waals surface area contributed by atoms with Gasteiger partial charge < -0.3 is 15.4 Å². The van der Waals surface area contributed by atoms with E-state index < -0.39 is 0 Å². The summed E-state index contributed by atoms with van der Waals surface area (Å²) < 4.78 is 4.79. The number of hydrogen-bond donors (Lipinski definition) is 1. The smallest absolute Gasteiger partial charge is 0.341 e. The van der Waals surface area contributed by atoms with Crippen molar-refractivity contribution in [3.8, 4) is 0 Å². The number of nitrogen functional groups attached to an aromatic ring is 1. The molecule has 1 aromatic heterocycles. The number of carbonyl (C=O) groups excluding carboxylic acids is 1. The molecule has 0 aliphatic carbocycles. The van der Waals surface area contributed by atoms with E-state index in [-0.39, 0.29) is 5.97 Å². The van der Waals surface area contributed by atoms with Crippen molar-refractivity contribution < 1.29 is 9.53 Å². The van der Waals surface area contributed by atoms with Crippen LogP contribution in [0.4, 0.5) is 5.00 Å². The van der Waals surface area contributed by atoms with Gasteiger partial charge in [0.05, 0.1) is 12.7 Å². The number of nitrogens with two attached hydrogens (primary N) is 1. The van der Waals surface area contributed by atoms with Gasteiger partial charge in [-0.05, 0) is 38.4 Å². The summed E-state index contributed by atoms with van der Waals surface area (Å²) in [6, 6.07) is 0.